The van der Waals surface area contributed by atoms with Crippen molar-refractivity contribution in [3.8, 4) is 5.69 Å². The normalized spacial score (nSPS) is 13.4. The molecule has 0 bridgehead atoms. The summed E-state index contributed by atoms with van der Waals surface area (Å²) in [6, 6.07) is 14.6. The van der Waals surface area contributed by atoms with Crippen LogP contribution in [0.5, 0.6) is 0 Å². The number of benzene rings is 2. The Morgan fingerprint density at radius 2 is 1.81 bits per heavy atom. The fraction of sp³-hybridized carbons (Fsp3) is 0.304. The van der Waals surface area contributed by atoms with Crippen LogP contribution in [0.2, 0.25) is 0 Å². The summed E-state index contributed by atoms with van der Waals surface area (Å²) in [5.74, 6) is -0.213. The van der Waals surface area contributed by atoms with E-state index in [1.807, 2.05) is 35.9 Å². The lowest BCUT2D eigenvalue weighted by Crippen LogP contribution is -2.25. The zero-order valence-electron chi connectivity index (χ0n) is 17.9. The Hall–Kier alpha value is -2.97. The van der Waals surface area contributed by atoms with Crippen LogP contribution < -0.4 is 5.32 Å². The molecule has 0 saturated heterocycles. The fourth-order valence-corrected chi connectivity index (χ4v) is 4.78. The first-order valence-electron chi connectivity index (χ1n) is 10.3. The van der Waals surface area contributed by atoms with Gasteiger partial charge in [0.25, 0.3) is 5.91 Å². The molecule has 1 amide bonds. The maximum Gasteiger partial charge on any atom is 0.272 e. The van der Waals surface area contributed by atoms with E-state index in [9.17, 15) is 13.2 Å². The lowest BCUT2D eigenvalue weighted by molar-refractivity contribution is 0.0944. The summed E-state index contributed by atoms with van der Waals surface area (Å²) in [7, 11) is -0.473. The van der Waals surface area contributed by atoms with Crippen molar-refractivity contribution in [2.45, 2.75) is 37.6 Å². The molecule has 0 saturated carbocycles. The molecule has 3 aromatic rings. The second-order valence-corrected chi connectivity index (χ2v) is 10.1. The summed E-state index contributed by atoms with van der Waals surface area (Å²) < 4.78 is 27.5. The predicted molar refractivity (Wildman–Crippen MR) is 119 cm³/mol. The van der Waals surface area contributed by atoms with Gasteiger partial charge in [0.15, 0.2) is 5.69 Å². The molecule has 0 aliphatic heterocycles. The summed E-state index contributed by atoms with van der Waals surface area (Å²) in [4.78, 5) is 13.2. The highest BCUT2D eigenvalue weighted by Gasteiger charge is 2.27. The van der Waals surface area contributed by atoms with Crippen LogP contribution in [0, 0.1) is 6.92 Å². The Morgan fingerprint density at radius 3 is 2.48 bits per heavy atom. The zero-order chi connectivity index (χ0) is 22.2. The van der Waals surface area contributed by atoms with E-state index < -0.39 is 10.0 Å². The van der Waals surface area contributed by atoms with Crippen molar-refractivity contribution < 1.29 is 13.2 Å². The van der Waals surface area contributed by atoms with Crippen molar-refractivity contribution >= 4 is 15.9 Å². The SMILES string of the molecule is Cc1ccccc1-n1nc(C(=O)NCc2ccc(S(=O)(=O)N(C)C)cc2)c2c1CCC2. The minimum absolute atomic E-state index is 0.213. The largest absolute Gasteiger partial charge is 0.347 e. The molecule has 2 aromatic carbocycles. The zero-order valence-corrected chi connectivity index (χ0v) is 18.7. The molecular weight excluding hydrogens is 412 g/mol. The van der Waals surface area contributed by atoms with E-state index in [0.717, 1.165) is 47.3 Å². The first kappa shape index (κ1) is 21.3. The standard InChI is InChI=1S/C23H26N4O3S/c1-16-7-4-5-9-20(16)27-21-10-6-8-19(21)22(25-27)23(28)24-15-17-11-13-18(14-12-17)31(29,30)26(2)3/h4-5,7,9,11-14H,6,8,10,15H2,1-3H3,(H,24,28). The number of amides is 1. The highest BCUT2D eigenvalue weighted by atomic mass is 32.2. The smallest absolute Gasteiger partial charge is 0.272 e. The van der Waals surface area contributed by atoms with Crippen molar-refractivity contribution in [3.63, 3.8) is 0 Å². The van der Waals surface area contributed by atoms with Gasteiger partial charge in [0, 0.05) is 31.9 Å². The molecule has 0 radical (unpaired) electrons. The third-order valence-corrected chi connectivity index (χ3v) is 7.47. The predicted octanol–water partition coefficient (Wildman–Crippen LogP) is 2.85. The number of rotatable bonds is 6. The molecule has 162 valence electrons. The van der Waals surface area contributed by atoms with E-state index in [-0.39, 0.29) is 10.8 Å². The molecule has 8 heteroatoms. The summed E-state index contributed by atoms with van der Waals surface area (Å²) in [6.07, 6.45) is 2.77. The molecule has 7 nitrogen and oxygen atoms in total. The first-order chi connectivity index (χ1) is 14.8. The van der Waals surface area contributed by atoms with Crippen LogP contribution in [0.4, 0.5) is 0 Å². The van der Waals surface area contributed by atoms with Gasteiger partial charge in [-0.3, -0.25) is 4.79 Å². The topological polar surface area (TPSA) is 84.3 Å². The van der Waals surface area contributed by atoms with Crippen molar-refractivity contribution in [2.24, 2.45) is 0 Å². The Kier molecular flexibility index (Phi) is 5.68. The van der Waals surface area contributed by atoms with Gasteiger partial charge in [-0.2, -0.15) is 5.10 Å². The summed E-state index contributed by atoms with van der Waals surface area (Å²) in [5, 5.41) is 7.59. The summed E-state index contributed by atoms with van der Waals surface area (Å²) >= 11 is 0. The molecule has 1 heterocycles. The van der Waals surface area contributed by atoms with E-state index in [4.69, 9.17) is 0 Å². The highest BCUT2D eigenvalue weighted by molar-refractivity contribution is 7.89. The van der Waals surface area contributed by atoms with Crippen molar-refractivity contribution in [1.82, 2.24) is 19.4 Å². The number of carbonyl (C=O) groups excluding carboxylic acids is 1. The Labute approximate surface area is 182 Å². The van der Waals surface area contributed by atoms with Crippen LogP contribution in [0.15, 0.2) is 53.4 Å². The van der Waals surface area contributed by atoms with Crippen LogP contribution in [-0.2, 0) is 29.4 Å². The van der Waals surface area contributed by atoms with E-state index >= 15 is 0 Å². The molecular formula is C23H26N4O3S. The van der Waals surface area contributed by atoms with Gasteiger partial charge >= 0.3 is 0 Å². The third kappa shape index (κ3) is 4.00. The fourth-order valence-electron chi connectivity index (χ4n) is 3.88. The number of hydrogen-bond acceptors (Lipinski definition) is 4. The molecule has 31 heavy (non-hydrogen) atoms. The van der Waals surface area contributed by atoms with Gasteiger partial charge in [-0.05, 0) is 55.5 Å². The quantitative estimate of drug-likeness (QED) is 0.641. The first-order valence-corrected chi connectivity index (χ1v) is 11.7. The highest BCUT2D eigenvalue weighted by Crippen LogP contribution is 2.29. The lowest BCUT2D eigenvalue weighted by atomic mass is 10.1. The second-order valence-electron chi connectivity index (χ2n) is 7.94. The Bertz CT molecular complexity index is 1230. The maximum absolute atomic E-state index is 12.9. The van der Waals surface area contributed by atoms with Crippen molar-refractivity contribution in [1.29, 1.82) is 0 Å². The van der Waals surface area contributed by atoms with Crippen LogP contribution in [0.1, 0.15) is 39.3 Å². The minimum atomic E-state index is -3.47. The van der Waals surface area contributed by atoms with E-state index in [2.05, 4.69) is 10.4 Å². The number of aromatic nitrogens is 2. The Morgan fingerprint density at radius 1 is 1.10 bits per heavy atom. The summed E-state index contributed by atoms with van der Waals surface area (Å²) in [6.45, 7) is 2.34. The number of nitrogens with one attached hydrogen (secondary N) is 1. The molecule has 0 atom stereocenters. The maximum atomic E-state index is 12.9. The van der Waals surface area contributed by atoms with Gasteiger partial charge in [-0.15, -0.1) is 0 Å². The average Bonchev–Trinajstić information content (AvgIpc) is 3.36. The number of fused-ring (bicyclic) bond motifs is 1. The molecule has 1 N–H and O–H groups in total. The van der Waals surface area contributed by atoms with Crippen molar-refractivity contribution in [2.75, 3.05) is 14.1 Å². The number of aryl methyl sites for hydroxylation is 1. The molecule has 0 fully saturated rings. The van der Waals surface area contributed by atoms with Gasteiger partial charge in [-0.25, -0.2) is 17.4 Å². The Balaban J connectivity index is 1.53. The third-order valence-electron chi connectivity index (χ3n) is 5.64. The van der Waals surface area contributed by atoms with Crippen LogP contribution in [0.3, 0.4) is 0 Å². The van der Waals surface area contributed by atoms with E-state index in [0.29, 0.717) is 12.2 Å². The lowest BCUT2D eigenvalue weighted by Gasteiger charge is -2.12. The van der Waals surface area contributed by atoms with E-state index in [1.54, 1.807) is 24.3 Å². The monoisotopic (exact) mass is 438 g/mol. The van der Waals surface area contributed by atoms with Crippen molar-refractivity contribution in [3.05, 3.63) is 76.6 Å². The molecule has 4 rings (SSSR count). The molecule has 0 spiro atoms. The van der Waals surface area contributed by atoms with Gasteiger partial charge < -0.3 is 5.32 Å². The molecule has 0 unspecified atom stereocenters. The summed E-state index contributed by atoms with van der Waals surface area (Å²) in [5.41, 5.74) is 5.53. The van der Waals surface area contributed by atoms with Gasteiger partial charge in [0.1, 0.15) is 0 Å². The number of nitrogens with zero attached hydrogens (tertiary/aromatic N) is 3. The van der Waals surface area contributed by atoms with Crippen LogP contribution >= 0.6 is 0 Å². The molecule has 1 aliphatic rings. The van der Waals surface area contributed by atoms with Gasteiger partial charge in [-0.1, -0.05) is 30.3 Å². The molecule has 1 aliphatic carbocycles. The number of carbonyl (C=O) groups is 1. The van der Waals surface area contributed by atoms with Gasteiger partial charge in [0.2, 0.25) is 10.0 Å². The number of hydrogen-bond donors (Lipinski definition) is 1. The average molecular weight is 439 g/mol. The van der Waals surface area contributed by atoms with Crippen LogP contribution in [0.25, 0.3) is 5.69 Å². The van der Waals surface area contributed by atoms with Crippen LogP contribution in [-0.4, -0.2) is 42.5 Å². The number of para-hydroxylation sites is 1. The second kappa shape index (κ2) is 8.28. The molecule has 1 aromatic heterocycles. The minimum Gasteiger partial charge on any atom is -0.347 e. The van der Waals surface area contributed by atoms with E-state index in [1.165, 1.54) is 18.4 Å². The van der Waals surface area contributed by atoms with Gasteiger partial charge in [0.05, 0.1) is 10.6 Å². The number of sulfonamides is 1.